The highest BCUT2D eigenvalue weighted by Crippen LogP contribution is 2.20. The third-order valence-corrected chi connectivity index (χ3v) is 4.99. The Labute approximate surface area is 159 Å². The van der Waals surface area contributed by atoms with Gasteiger partial charge in [-0.1, -0.05) is 32.0 Å². The summed E-state index contributed by atoms with van der Waals surface area (Å²) >= 11 is 0. The molecule has 2 rings (SSSR count). The highest BCUT2D eigenvalue weighted by atomic mass is 19.1. The number of hydrogen-bond donors (Lipinski definition) is 3. The van der Waals surface area contributed by atoms with Crippen molar-refractivity contribution in [1.29, 1.82) is 0 Å². The second kappa shape index (κ2) is 8.77. The van der Waals surface area contributed by atoms with Crippen LogP contribution in [0.25, 0.3) is 0 Å². The van der Waals surface area contributed by atoms with E-state index in [1.54, 1.807) is 31.2 Å². The minimum absolute atomic E-state index is 0.0501. The van der Waals surface area contributed by atoms with Crippen LogP contribution in [0, 0.1) is 12.7 Å². The van der Waals surface area contributed by atoms with Crippen molar-refractivity contribution in [2.45, 2.75) is 39.2 Å². The fraction of sp³-hybridized carbons (Fsp3) is 0.333. The first-order valence-corrected chi connectivity index (χ1v) is 9.05. The first kappa shape index (κ1) is 20.6. The van der Waals surface area contributed by atoms with E-state index in [1.165, 1.54) is 18.2 Å². The third-order valence-electron chi connectivity index (χ3n) is 4.99. The van der Waals surface area contributed by atoms with Gasteiger partial charge >= 0.3 is 0 Å². The number of carbonyl (C=O) groups excluding carboxylic acids is 2. The Kier molecular flexibility index (Phi) is 6.69. The van der Waals surface area contributed by atoms with Crippen LogP contribution in [0.15, 0.2) is 42.5 Å². The number of nitrogens with one attached hydrogen (secondary N) is 2. The van der Waals surface area contributed by atoms with Crippen molar-refractivity contribution in [3.05, 3.63) is 65.0 Å². The zero-order valence-corrected chi connectivity index (χ0v) is 15.9. The van der Waals surface area contributed by atoms with E-state index < -0.39 is 17.3 Å². The Morgan fingerprint density at radius 3 is 2.33 bits per heavy atom. The minimum Gasteiger partial charge on any atom is -0.345 e. The van der Waals surface area contributed by atoms with Gasteiger partial charge in [-0.05, 0) is 49.6 Å². The van der Waals surface area contributed by atoms with Gasteiger partial charge in [0, 0.05) is 17.8 Å². The van der Waals surface area contributed by atoms with Crippen LogP contribution in [0.1, 0.15) is 53.0 Å². The standard InChI is InChI=1S/C21H26FN3O2/c1-4-21(5-2,13-23)25-19(26)15-11-10-14(3)18(12-15)24-20(27)16-8-6-7-9-17(16)22/h6-12H,4-5,13,23H2,1-3H3,(H,24,27)(H,25,26). The lowest BCUT2D eigenvalue weighted by Gasteiger charge is -2.31. The van der Waals surface area contributed by atoms with E-state index in [2.05, 4.69) is 10.6 Å². The smallest absolute Gasteiger partial charge is 0.258 e. The van der Waals surface area contributed by atoms with Crippen molar-refractivity contribution in [2.24, 2.45) is 5.73 Å². The zero-order valence-electron chi connectivity index (χ0n) is 15.9. The molecule has 6 heteroatoms. The average molecular weight is 371 g/mol. The number of rotatable bonds is 7. The van der Waals surface area contributed by atoms with Crippen LogP contribution < -0.4 is 16.4 Å². The molecular weight excluding hydrogens is 345 g/mol. The van der Waals surface area contributed by atoms with Gasteiger partial charge in [0.15, 0.2) is 0 Å². The molecule has 5 nitrogen and oxygen atoms in total. The van der Waals surface area contributed by atoms with Gasteiger partial charge in [0.2, 0.25) is 0 Å². The van der Waals surface area contributed by atoms with Crippen LogP contribution in [0.5, 0.6) is 0 Å². The van der Waals surface area contributed by atoms with Gasteiger partial charge in [-0.15, -0.1) is 0 Å². The van der Waals surface area contributed by atoms with E-state index >= 15 is 0 Å². The highest BCUT2D eigenvalue weighted by molar-refractivity contribution is 6.05. The molecule has 2 aromatic rings. The maximum atomic E-state index is 13.8. The Bertz CT molecular complexity index is 824. The Morgan fingerprint density at radius 1 is 1.07 bits per heavy atom. The molecule has 0 aliphatic carbocycles. The summed E-state index contributed by atoms with van der Waals surface area (Å²) in [6.07, 6.45) is 1.43. The first-order valence-electron chi connectivity index (χ1n) is 9.05. The lowest BCUT2D eigenvalue weighted by molar-refractivity contribution is 0.0894. The van der Waals surface area contributed by atoms with Crippen molar-refractivity contribution in [3.63, 3.8) is 0 Å². The van der Waals surface area contributed by atoms with E-state index in [0.29, 0.717) is 30.6 Å². The number of hydrogen-bond acceptors (Lipinski definition) is 3. The molecular formula is C21H26FN3O2. The van der Waals surface area contributed by atoms with Crippen LogP contribution in [0.2, 0.25) is 0 Å². The molecule has 0 atom stereocenters. The van der Waals surface area contributed by atoms with Crippen LogP contribution >= 0.6 is 0 Å². The molecule has 0 saturated carbocycles. The predicted octanol–water partition coefficient (Wildman–Crippen LogP) is 3.63. The van der Waals surface area contributed by atoms with Crippen LogP contribution in [0.3, 0.4) is 0 Å². The van der Waals surface area contributed by atoms with E-state index in [0.717, 1.165) is 5.56 Å². The number of carbonyl (C=O) groups is 2. The monoisotopic (exact) mass is 371 g/mol. The van der Waals surface area contributed by atoms with Crippen LogP contribution in [0.4, 0.5) is 10.1 Å². The predicted molar refractivity (Wildman–Crippen MR) is 105 cm³/mol. The molecule has 2 aromatic carbocycles. The SMILES string of the molecule is CCC(CC)(CN)NC(=O)c1ccc(C)c(NC(=O)c2ccccc2F)c1. The van der Waals surface area contributed by atoms with Crippen molar-refractivity contribution >= 4 is 17.5 Å². The fourth-order valence-electron chi connectivity index (χ4n) is 2.81. The van der Waals surface area contributed by atoms with Gasteiger partial charge in [-0.3, -0.25) is 9.59 Å². The molecule has 0 bridgehead atoms. The number of anilines is 1. The van der Waals surface area contributed by atoms with Crippen LogP contribution in [-0.2, 0) is 0 Å². The Morgan fingerprint density at radius 2 is 1.74 bits per heavy atom. The highest BCUT2D eigenvalue weighted by Gasteiger charge is 2.27. The number of amides is 2. The average Bonchev–Trinajstić information content (AvgIpc) is 2.68. The topological polar surface area (TPSA) is 84.2 Å². The van der Waals surface area contributed by atoms with Gasteiger partial charge in [-0.2, -0.15) is 0 Å². The minimum atomic E-state index is -0.597. The van der Waals surface area contributed by atoms with Gasteiger partial charge in [-0.25, -0.2) is 4.39 Å². The Balaban J connectivity index is 2.24. The van der Waals surface area contributed by atoms with Crippen molar-refractivity contribution in [3.8, 4) is 0 Å². The molecule has 0 spiro atoms. The van der Waals surface area contributed by atoms with Gasteiger partial charge in [0.25, 0.3) is 11.8 Å². The van der Waals surface area contributed by atoms with Gasteiger partial charge in [0.05, 0.1) is 11.1 Å². The maximum Gasteiger partial charge on any atom is 0.258 e. The number of nitrogens with two attached hydrogens (primary N) is 1. The van der Waals surface area contributed by atoms with Crippen molar-refractivity contribution < 1.29 is 14.0 Å². The summed E-state index contributed by atoms with van der Waals surface area (Å²) < 4.78 is 13.8. The van der Waals surface area contributed by atoms with E-state index in [4.69, 9.17) is 5.73 Å². The summed E-state index contributed by atoms with van der Waals surface area (Å²) in [5, 5.41) is 5.68. The van der Waals surface area contributed by atoms with Crippen molar-refractivity contribution in [1.82, 2.24) is 5.32 Å². The van der Waals surface area contributed by atoms with E-state index in [1.807, 2.05) is 13.8 Å². The molecule has 0 fully saturated rings. The molecule has 0 saturated heterocycles. The third kappa shape index (κ3) is 4.71. The molecule has 2 amide bonds. The largest absolute Gasteiger partial charge is 0.345 e. The maximum absolute atomic E-state index is 13.8. The molecule has 4 N–H and O–H groups in total. The molecule has 0 aliphatic heterocycles. The van der Waals surface area contributed by atoms with Gasteiger partial charge < -0.3 is 16.4 Å². The lowest BCUT2D eigenvalue weighted by atomic mass is 9.92. The molecule has 0 heterocycles. The molecule has 0 unspecified atom stereocenters. The van der Waals surface area contributed by atoms with E-state index in [-0.39, 0.29) is 11.5 Å². The van der Waals surface area contributed by atoms with Crippen molar-refractivity contribution in [2.75, 3.05) is 11.9 Å². The van der Waals surface area contributed by atoms with Gasteiger partial charge in [0.1, 0.15) is 5.82 Å². The summed E-state index contributed by atoms with van der Waals surface area (Å²) in [4.78, 5) is 25.0. The molecule has 144 valence electrons. The lowest BCUT2D eigenvalue weighted by Crippen LogP contribution is -2.52. The summed E-state index contributed by atoms with van der Waals surface area (Å²) in [5.74, 6) is -1.42. The molecule has 27 heavy (non-hydrogen) atoms. The molecule has 0 aromatic heterocycles. The fourth-order valence-corrected chi connectivity index (χ4v) is 2.81. The quantitative estimate of drug-likeness (QED) is 0.695. The second-order valence-electron chi connectivity index (χ2n) is 6.61. The number of aryl methyl sites for hydroxylation is 1. The summed E-state index contributed by atoms with van der Waals surface area (Å²) in [5.41, 5.74) is 6.97. The van der Waals surface area contributed by atoms with Crippen LogP contribution in [-0.4, -0.2) is 23.9 Å². The number of halogens is 1. The molecule has 0 aliphatic rings. The normalized spacial score (nSPS) is 11.1. The molecule has 0 radical (unpaired) electrons. The first-order chi connectivity index (χ1) is 12.9. The zero-order chi connectivity index (χ0) is 20.0. The summed E-state index contributed by atoms with van der Waals surface area (Å²) in [6.45, 7) is 6.10. The number of benzene rings is 2. The van der Waals surface area contributed by atoms with E-state index in [9.17, 15) is 14.0 Å². The second-order valence-corrected chi connectivity index (χ2v) is 6.61. The summed E-state index contributed by atoms with van der Waals surface area (Å²) in [7, 11) is 0. The Hall–Kier alpha value is -2.73. The summed E-state index contributed by atoms with van der Waals surface area (Å²) in [6, 6.07) is 10.8.